The van der Waals surface area contributed by atoms with Crippen LogP contribution in [0.15, 0.2) is 54.6 Å². The highest BCUT2D eigenvalue weighted by atomic mass is 16.4. The minimum absolute atomic E-state index is 0.0938. The van der Waals surface area contributed by atoms with Crippen molar-refractivity contribution >= 4 is 11.9 Å². The highest BCUT2D eigenvalue weighted by Crippen LogP contribution is 2.20. The Bertz CT molecular complexity index is 691. The summed E-state index contributed by atoms with van der Waals surface area (Å²) in [4.78, 5) is 23.0. The van der Waals surface area contributed by atoms with E-state index in [2.05, 4.69) is 5.32 Å². The molecule has 2 aromatic carbocycles. The van der Waals surface area contributed by atoms with Crippen LogP contribution in [0.25, 0.3) is 11.1 Å². The summed E-state index contributed by atoms with van der Waals surface area (Å²) in [7, 11) is 0. The third kappa shape index (κ3) is 4.95. The first kappa shape index (κ1) is 17.7. The van der Waals surface area contributed by atoms with E-state index in [-0.39, 0.29) is 5.91 Å². The molecule has 0 saturated heterocycles. The number of aliphatic carboxylic acids is 1. The number of hydrogen-bond donors (Lipinski definition) is 2. The van der Waals surface area contributed by atoms with Gasteiger partial charge in [-0.15, -0.1) is 0 Å². The molecular formula is C20H23NO3. The smallest absolute Gasteiger partial charge is 0.309 e. The van der Waals surface area contributed by atoms with E-state index in [1.165, 1.54) is 0 Å². The zero-order valence-electron chi connectivity index (χ0n) is 14.1. The predicted molar refractivity (Wildman–Crippen MR) is 94.6 cm³/mol. The lowest BCUT2D eigenvalue weighted by atomic mass is 9.90. The first-order valence-electron chi connectivity index (χ1n) is 8.03. The fraction of sp³-hybridized carbons (Fsp3) is 0.300. The SMILES string of the molecule is CC(C)(CCNC(=O)Cc1ccc(-c2ccccc2)cc1)C(=O)O. The number of hydrogen-bond acceptors (Lipinski definition) is 2. The number of nitrogens with one attached hydrogen (secondary N) is 1. The van der Waals surface area contributed by atoms with Crippen LogP contribution in [0.1, 0.15) is 25.8 Å². The summed E-state index contributed by atoms with van der Waals surface area (Å²) < 4.78 is 0. The van der Waals surface area contributed by atoms with Gasteiger partial charge in [0.25, 0.3) is 0 Å². The van der Waals surface area contributed by atoms with Crippen molar-refractivity contribution in [3.8, 4) is 11.1 Å². The van der Waals surface area contributed by atoms with Crippen LogP contribution < -0.4 is 5.32 Å². The molecule has 0 spiro atoms. The second-order valence-corrected chi connectivity index (χ2v) is 6.53. The van der Waals surface area contributed by atoms with E-state index in [4.69, 9.17) is 5.11 Å². The van der Waals surface area contributed by atoms with Crippen LogP contribution in [0.2, 0.25) is 0 Å². The number of benzene rings is 2. The molecule has 2 N–H and O–H groups in total. The molecule has 0 radical (unpaired) electrons. The van der Waals surface area contributed by atoms with E-state index in [1.807, 2.05) is 54.6 Å². The van der Waals surface area contributed by atoms with E-state index in [0.29, 0.717) is 19.4 Å². The lowest BCUT2D eigenvalue weighted by molar-refractivity contribution is -0.147. The van der Waals surface area contributed by atoms with Gasteiger partial charge in [0.15, 0.2) is 0 Å². The summed E-state index contributed by atoms with van der Waals surface area (Å²) >= 11 is 0. The van der Waals surface area contributed by atoms with Crippen LogP contribution in [0.3, 0.4) is 0 Å². The predicted octanol–water partition coefficient (Wildman–Crippen LogP) is 3.51. The van der Waals surface area contributed by atoms with E-state index in [9.17, 15) is 9.59 Å². The summed E-state index contributed by atoms with van der Waals surface area (Å²) in [5.41, 5.74) is 2.36. The molecule has 0 saturated carbocycles. The molecular weight excluding hydrogens is 302 g/mol. The number of carboxylic acid groups (broad SMARTS) is 1. The van der Waals surface area contributed by atoms with E-state index in [0.717, 1.165) is 16.7 Å². The molecule has 0 heterocycles. The van der Waals surface area contributed by atoms with Gasteiger partial charge in [-0.2, -0.15) is 0 Å². The Balaban J connectivity index is 1.85. The van der Waals surface area contributed by atoms with Crippen molar-refractivity contribution in [2.75, 3.05) is 6.54 Å². The standard InChI is InChI=1S/C20H23NO3/c1-20(2,19(23)24)12-13-21-18(22)14-15-8-10-17(11-9-15)16-6-4-3-5-7-16/h3-11H,12-14H2,1-2H3,(H,21,22)(H,23,24). The number of carbonyl (C=O) groups is 2. The monoisotopic (exact) mass is 325 g/mol. The summed E-state index contributed by atoms with van der Waals surface area (Å²) in [6.07, 6.45) is 0.698. The third-order valence-corrected chi connectivity index (χ3v) is 4.08. The third-order valence-electron chi connectivity index (χ3n) is 4.08. The van der Waals surface area contributed by atoms with E-state index < -0.39 is 11.4 Å². The molecule has 0 bridgehead atoms. The molecule has 2 rings (SSSR count). The van der Waals surface area contributed by atoms with Gasteiger partial charge in [-0.3, -0.25) is 9.59 Å². The van der Waals surface area contributed by atoms with Gasteiger partial charge in [-0.25, -0.2) is 0 Å². The zero-order valence-corrected chi connectivity index (χ0v) is 14.1. The van der Waals surface area contributed by atoms with Crippen LogP contribution in [0.4, 0.5) is 0 Å². The van der Waals surface area contributed by atoms with Crippen LogP contribution in [-0.2, 0) is 16.0 Å². The molecule has 0 aliphatic rings. The van der Waals surface area contributed by atoms with Crippen molar-refractivity contribution < 1.29 is 14.7 Å². The average Bonchev–Trinajstić information content (AvgIpc) is 2.56. The van der Waals surface area contributed by atoms with Gasteiger partial charge < -0.3 is 10.4 Å². The number of carbonyl (C=O) groups excluding carboxylic acids is 1. The minimum Gasteiger partial charge on any atom is -0.481 e. The summed E-state index contributed by atoms with van der Waals surface area (Å²) in [6, 6.07) is 18.0. The van der Waals surface area contributed by atoms with Crippen LogP contribution in [0.5, 0.6) is 0 Å². The van der Waals surface area contributed by atoms with Gasteiger partial charge in [0.2, 0.25) is 5.91 Å². The quantitative estimate of drug-likeness (QED) is 0.818. The van der Waals surface area contributed by atoms with Crippen molar-refractivity contribution in [1.82, 2.24) is 5.32 Å². The maximum Gasteiger partial charge on any atom is 0.309 e. The minimum atomic E-state index is -0.853. The second kappa shape index (κ2) is 7.77. The lowest BCUT2D eigenvalue weighted by Gasteiger charge is -2.18. The number of amides is 1. The van der Waals surface area contributed by atoms with Gasteiger partial charge in [0.1, 0.15) is 0 Å². The normalized spacial score (nSPS) is 11.1. The molecule has 0 aliphatic carbocycles. The average molecular weight is 325 g/mol. The number of rotatable bonds is 7. The van der Waals surface area contributed by atoms with Crippen molar-refractivity contribution in [2.45, 2.75) is 26.7 Å². The maximum absolute atomic E-state index is 12.0. The molecule has 4 nitrogen and oxygen atoms in total. The second-order valence-electron chi connectivity index (χ2n) is 6.53. The summed E-state index contributed by atoms with van der Waals surface area (Å²) in [5.74, 6) is -0.947. The van der Waals surface area contributed by atoms with Crippen LogP contribution in [-0.4, -0.2) is 23.5 Å². The zero-order chi connectivity index (χ0) is 17.6. The molecule has 0 aliphatic heterocycles. The van der Waals surface area contributed by atoms with Gasteiger partial charge in [-0.05, 0) is 37.0 Å². The topological polar surface area (TPSA) is 66.4 Å². The van der Waals surface area contributed by atoms with Crippen LogP contribution in [0, 0.1) is 5.41 Å². The first-order chi connectivity index (χ1) is 11.4. The highest BCUT2D eigenvalue weighted by Gasteiger charge is 2.26. The molecule has 1 amide bonds. The first-order valence-corrected chi connectivity index (χ1v) is 8.03. The van der Waals surface area contributed by atoms with Crippen molar-refractivity contribution in [2.24, 2.45) is 5.41 Å². The van der Waals surface area contributed by atoms with E-state index in [1.54, 1.807) is 13.8 Å². The fourth-order valence-electron chi connectivity index (χ4n) is 2.31. The summed E-state index contributed by atoms with van der Waals surface area (Å²) in [5, 5.41) is 11.8. The van der Waals surface area contributed by atoms with Crippen molar-refractivity contribution in [3.05, 3.63) is 60.2 Å². The Morgan fingerprint density at radius 1 is 0.958 bits per heavy atom. The van der Waals surface area contributed by atoms with E-state index >= 15 is 0 Å². The molecule has 126 valence electrons. The molecule has 24 heavy (non-hydrogen) atoms. The molecule has 2 aromatic rings. The molecule has 0 unspecified atom stereocenters. The molecule has 0 atom stereocenters. The van der Waals surface area contributed by atoms with Gasteiger partial charge in [-0.1, -0.05) is 54.6 Å². The Hall–Kier alpha value is -2.62. The Kier molecular flexibility index (Phi) is 5.74. The maximum atomic E-state index is 12.0. The molecule has 0 aromatic heterocycles. The van der Waals surface area contributed by atoms with Crippen molar-refractivity contribution in [3.63, 3.8) is 0 Å². The fourth-order valence-corrected chi connectivity index (χ4v) is 2.31. The largest absolute Gasteiger partial charge is 0.481 e. The van der Waals surface area contributed by atoms with Gasteiger partial charge >= 0.3 is 5.97 Å². The summed E-state index contributed by atoms with van der Waals surface area (Å²) in [6.45, 7) is 3.67. The number of carboxylic acids is 1. The van der Waals surface area contributed by atoms with Crippen molar-refractivity contribution in [1.29, 1.82) is 0 Å². The Morgan fingerprint density at radius 2 is 1.54 bits per heavy atom. The van der Waals surface area contributed by atoms with Crippen LogP contribution >= 0.6 is 0 Å². The van der Waals surface area contributed by atoms with Gasteiger partial charge in [0, 0.05) is 6.54 Å². The van der Waals surface area contributed by atoms with Gasteiger partial charge in [0.05, 0.1) is 11.8 Å². The molecule has 4 heteroatoms. The Morgan fingerprint density at radius 3 is 2.12 bits per heavy atom. The highest BCUT2D eigenvalue weighted by molar-refractivity contribution is 5.79. The lowest BCUT2D eigenvalue weighted by Crippen LogP contribution is -2.32. The molecule has 0 fully saturated rings. The Labute approximate surface area is 142 Å².